The molecule has 0 unspecified atom stereocenters. The van der Waals surface area contributed by atoms with Crippen LogP contribution >= 0.6 is 11.6 Å². The van der Waals surface area contributed by atoms with E-state index in [1.165, 1.54) is 0 Å². The summed E-state index contributed by atoms with van der Waals surface area (Å²) in [7, 11) is 0. The molecule has 0 bridgehead atoms. The van der Waals surface area contributed by atoms with Crippen LogP contribution in [0.4, 0.5) is 0 Å². The van der Waals surface area contributed by atoms with Crippen LogP contribution in [0.5, 0.6) is 0 Å². The topological polar surface area (TPSA) is 68.0 Å². The van der Waals surface area contributed by atoms with Crippen LogP contribution < -0.4 is 5.32 Å². The van der Waals surface area contributed by atoms with Gasteiger partial charge in [-0.2, -0.15) is 0 Å². The van der Waals surface area contributed by atoms with Crippen molar-refractivity contribution in [2.24, 2.45) is 0 Å². The molecule has 0 saturated carbocycles. The molecule has 2 aromatic rings. The number of Topliss-reactive ketones (excluding diaryl/α,β-unsaturated/α-hetero) is 1. The molecule has 0 atom stereocenters. The molecular weight excluding hydrogens is 314 g/mol. The van der Waals surface area contributed by atoms with E-state index in [9.17, 15) is 4.79 Å². The number of nitrogens with zero attached hydrogens (tertiary/aromatic N) is 2. The Balaban J connectivity index is 1.82. The Morgan fingerprint density at radius 1 is 1.39 bits per heavy atom. The number of aromatic nitrogens is 2. The summed E-state index contributed by atoms with van der Waals surface area (Å²) in [5.74, 6) is 0.777. The molecule has 0 fully saturated rings. The fourth-order valence-corrected chi connectivity index (χ4v) is 2.74. The van der Waals surface area contributed by atoms with Crippen molar-refractivity contribution in [3.05, 3.63) is 63.9 Å². The van der Waals surface area contributed by atoms with Gasteiger partial charge in [-0.3, -0.25) is 9.78 Å². The highest BCUT2D eigenvalue weighted by Crippen LogP contribution is 2.28. The largest absolute Gasteiger partial charge is 0.376 e. The molecule has 0 amide bonds. The van der Waals surface area contributed by atoms with Gasteiger partial charge < -0.3 is 9.84 Å². The average Bonchev–Trinajstić information content (AvgIpc) is 2.87. The third-order valence-corrected chi connectivity index (χ3v) is 4.05. The lowest BCUT2D eigenvalue weighted by atomic mass is 9.96. The van der Waals surface area contributed by atoms with Gasteiger partial charge in [-0.1, -0.05) is 22.8 Å². The number of ketones is 1. The molecule has 5 nitrogen and oxygen atoms in total. The number of carbonyl (C=O) groups is 1. The van der Waals surface area contributed by atoms with Crippen molar-refractivity contribution in [2.75, 3.05) is 0 Å². The molecule has 0 saturated heterocycles. The predicted molar refractivity (Wildman–Crippen MR) is 87.7 cm³/mol. The van der Waals surface area contributed by atoms with Gasteiger partial charge in [0.1, 0.15) is 5.76 Å². The monoisotopic (exact) mass is 329 g/mol. The summed E-state index contributed by atoms with van der Waals surface area (Å²) in [6.07, 6.45) is 5.74. The molecule has 118 valence electrons. The standard InChI is InChI=1S/C17H16ClN3O2/c1-10-17(11(2)23-21-10)12-5-6-16(22)14(8-12)20-9-15-13(18)4-3-7-19-15/h3-5,7-8,20H,6,9H2,1-2H3. The van der Waals surface area contributed by atoms with E-state index in [2.05, 4.69) is 15.5 Å². The maximum atomic E-state index is 12.1. The second kappa shape index (κ2) is 6.38. The molecule has 0 radical (unpaired) electrons. The van der Waals surface area contributed by atoms with E-state index in [1.54, 1.807) is 18.3 Å². The Bertz CT molecular complexity index is 801. The zero-order valence-corrected chi connectivity index (χ0v) is 13.6. The molecule has 23 heavy (non-hydrogen) atoms. The lowest BCUT2D eigenvalue weighted by Crippen LogP contribution is -2.22. The van der Waals surface area contributed by atoms with Gasteiger partial charge in [0.25, 0.3) is 0 Å². The van der Waals surface area contributed by atoms with Crippen molar-refractivity contribution in [1.82, 2.24) is 15.5 Å². The number of nitrogens with one attached hydrogen (secondary N) is 1. The third kappa shape index (κ3) is 3.19. The number of rotatable bonds is 4. The van der Waals surface area contributed by atoms with Crippen LogP contribution in [0.15, 0.2) is 40.7 Å². The molecule has 1 N–H and O–H groups in total. The van der Waals surface area contributed by atoms with Crippen LogP contribution in [0.2, 0.25) is 5.02 Å². The van der Waals surface area contributed by atoms with Gasteiger partial charge in [0, 0.05) is 18.2 Å². The smallest absolute Gasteiger partial charge is 0.182 e. The first kappa shape index (κ1) is 15.5. The average molecular weight is 330 g/mol. The maximum Gasteiger partial charge on any atom is 0.182 e. The summed E-state index contributed by atoms with van der Waals surface area (Å²) in [5.41, 5.74) is 3.94. The van der Waals surface area contributed by atoms with Crippen LogP contribution in [0.25, 0.3) is 5.57 Å². The molecule has 0 spiro atoms. The summed E-state index contributed by atoms with van der Waals surface area (Å²) in [6.45, 7) is 4.14. The number of halogens is 1. The molecular formula is C17H16ClN3O2. The minimum atomic E-state index is 0.0348. The highest BCUT2D eigenvalue weighted by Gasteiger charge is 2.19. The van der Waals surface area contributed by atoms with E-state index in [0.717, 1.165) is 22.6 Å². The predicted octanol–water partition coefficient (Wildman–Crippen LogP) is 3.37. The van der Waals surface area contributed by atoms with Crippen molar-refractivity contribution in [2.45, 2.75) is 26.8 Å². The van der Waals surface area contributed by atoms with E-state index in [4.69, 9.17) is 16.1 Å². The van der Waals surface area contributed by atoms with Crippen molar-refractivity contribution in [3.63, 3.8) is 0 Å². The van der Waals surface area contributed by atoms with Crippen molar-refractivity contribution < 1.29 is 9.32 Å². The first-order chi connectivity index (χ1) is 11.1. The molecule has 6 heteroatoms. The summed E-state index contributed by atoms with van der Waals surface area (Å²) in [5, 5.41) is 7.67. The lowest BCUT2D eigenvalue weighted by molar-refractivity contribution is -0.115. The van der Waals surface area contributed by atoms with E-state index in [1.807, 2.05) is 26.0 Å². The first-order valence-electron chi connectivity index (χ1n) is 7.28. The maximum absolute atomic E-state index is 12.1. The SMILES string of the molecule is Cc1noc(C)c1C1=CCC(=O)C(NCc2ncccc2Cl)=C1. The normalized spacial score (nSPS) is 14.5. The van der Waals surface area contributed by atoms with E-state index >= 15 is 0 Å². The summed E-state index contributed by atoms with van der Waals surface area (Å²) in [6, 6.07) is 3.55. The fraction of sp³-hybridized carbons (Fsp3) is 0.235. The van der Waals surface area contributed by atoms with Gasteiger partial charge in [0.15, 0.2) is 5.78 Å². The van der Waals surface area contributed by atoms with Crippen molar-refractivity contribution in [3.8, 4) is 0 Å². The van der Waals surface area contributed by atoms with Gasteiger partial charge in [0.2, 0.25) is 0 Å². The number of allylic oxidation sites excluding steroid dienone is 4. The van der Waals surface area contributed by atoms with Crippen molar-refractivity contribution in [1.29, 1.82) is 0 Å². The zero-order valence-electron chi connectivity index (χ0n) is 12.9. The highest BCUT2D eigenvalue weighted by atomic mass is 35.5. The number of aryl methyl sites for hydroxylation is 2. The number of hydrogen-bond donors (Lipinski definition) is 1. The van der Waals surface area contributed by atoms with Gasteiger partial charge in [-0.25, -0.2) is 0 Å². The highest BCUT2D eigenvalue weighted by molar-refractivity contribution is 6.31. The molecule has 1 aliphatic rings. The molecule has 0 aromatic carbocycles. The first-order valence-corrected chi connectivity index (χ1v) is 7.65. The Labute approximate surface area is 139 Å². The van der Waals surface area contributed by atoms with Gasteiger partial charge >= 0.3 is 0 Å². The molecule has 0 aliphatic heterocycles. The molecule has 2 heterocycles. The lowest BCUT2D eigenvalue weighted by Gasteiger charge is -2.15. The number of pyridine rings is 1. The Kier molecular flexibility index (Phi) is 4.30. The van der Waals surface area contributed by atoms with Crippen molar-refractivity contribution >= 4 is 23.0 Å². The quantitative estimate of drug-likeness (QED) is 0.931. The molecule has 3 rings (SSSR count). The number of hydrogen-bond acceptors (Lipinski definition) is 5. The molecule has 2 aromatic heterocycles. The van der Waals surface area contributed by atoms with Crippen LogP contribution in [-0.2, 0) is 11.3 Å². The van der Waals surface area contributed by atoms with E-state index < -0.39 is 0 Å². The van der Waals surface area contributed by atoms with Gasteiger partial charge in [-0.15, -0.1) is 0 Å². The molecule has 1 aliphatic carbocycles. The summed E-state index contributed by atoms with van der Waals surface area (Å²) >= 11 is 6.09. The van der Waals surface area contributed by atoms with Crippen LogP contribution in [-0.4, -0.2) is 15.9 Å². The minimum Gasteiger partial charge on any atom is -0.376 e. The second-order valence-electron chi connectivity index (χ2n) is 5.33. The van der Waals surface area contributed by atoms with Gasteiger partial charge in [-0.05, 0) is 37.6 Å². The fourth-order valence-electron chi connectivity index (χ4n) is 2.55. The Morgan fingerprint density at radius 2 is 2.22 bits per heavy atom. The Hall–Kier alpha value is -2.40. The zero-order chi connectivity index (χ0) is 16.4. The summed E-state index contributed by atoms with van der Waals surface area (Å²) < 4.78 is 5.20. The van der Waals surface area contributed by atoms with Gasteiger partial charge in [0.05, 0.1) is 28.7 Å². The number of carbonyl (C=O) groups excluding carboxylic acids is 1. The van der Waals surface area contributed by atoms with E-state index in [-0.39, 0.29) is 5.78 Å². The minimum absolute atomic E-state index is 0.0348. The van der Waals surface area contributed by atoms with E-state index in [0.29, 0.717) is 29.4 Å². The van der Waals surface area contributed by atoms with Crippen LogP contribution in [0.3, 0.4) is 0 Å². The van der Waals surface area contributed by atoms with Crippen LogP contribution in [0.1, 0.15) is 29.1 Å². The Morgan fingerprint density at radius 3 is 2.91 bits per heavy atom. The second-order valence-corrected chi connectivity index (χ2v) is 5.74. The van der Waals surface area contributed by atoms with Crippen LogP contribution in [0, 0.1) is 13.8 Å². The third-order valence-electron chi connectivity index (χ3n) is 3.71. The summed E-state index contributed by atoms with van der Waals surface area (Å²) in [4.78, 5) is 16.3.